The van der Waals surface area contributed by atoms with Crippen molar-refractivity contribution in [2.45, 2.75) is 32.4 Å². The first kappa shape index (κ1) is 22.6. The number of amides is 2. The Morgan fingerprint density at radius 3 is 2.60 bits per heavy atom. The number of benzene rings is 2. The summed E-state index contributed by atoms with van der Waals surface area (Å²) in [7, 11) is 0. The van der Waals surface area contributed by atoms with Gasteiger partial charge in [0.15, 0.2) is 0 Å². The number of halogens is 3. The SMILES string of the molecule is CC1(C)C(=O)N(Cc2noc3ncccc23)c2cc(C(=O)NCc3c(F)cc(F)cc3F)ccc21. The molecule has 0 radical (unpaired) electrons. The quantitative estimate of drug-likeness (QED) is 0.458. The van der Waals surface area contributed by atoms with Gasteiger partial charge in [-0.3, -0.25) is 9.59 Å². The van der Waals surface area contributed by atoms with Crippen molar-refractivity contribution in [1.82, 2.24) is 15.5 Å². The van der Waals surface area contributed by atoms with Crippen LogP contribution in [0.15, 0.2) is 53.2 Å². The van der Waals surface area contributed by atoms with Crippen molar-refractivity contribution in [2.24, 2.45) is 0 Å². The van der Waals surface area contributed by atoms with E-state index in [2.05, 4.69) is 15.5 Å². The molecule has 4 aromatic rings. The van der Waals surface area contributed by atoms with Crippen LogP contribution in [0.2, 0.25) is 0 Å². The number of pyridine rings is 1. The van der Waals surface area contributed by atoms with Crippen molar-refractivity contribution in [1.29, 1.82) is 0 Å². The van der Waals surface area contributed by atoms with Crippen LogP contribution in [0.1, 0.15) is 41.0 Å². The Morgan fingerprint density at radius 2 is 1.86 bits per heavy atom. The Labute approximate surface area is 197 Å². The van der Waals surface area contributed by atoms with Gasteiger partial charge in [0, 0.05) is 41.7 Å². The van der Waals surface area contributed by atoms with Crippen LogP contribution in [0.4, 0.5) is 18.9 Å². The van der Waals surface area contributed by atoms with Gasteiger partial charge in [-0.2, -0.15) is 0 Å². The van der Waals surface area contributed by atoms with Gasteiger partial charge in [0.2, 0.25) is 5.91 Å². The molecule has 0 spiro atoms. The molecular formula is C25H19F3N4O3. The molecule has 35 heavy (non-hydrogen) atoms. The third-order valence-corrected chi connectivity index (χ3v) is 6.17. The van der Waals surface area contributed by atoms with Crippen molar-refractivity contribution < 1.29 is 27.3 Å². The summed E-state index contributed by atoms with van der Waals surface area (Å²) in [6, 6.07) is 9.40. The highest BCUT2D eigenvalue weighted by Gasteiger charge is 2.44. The number of nitrogens with zero attached hydrogens (tertiary/aromatic N) is 3. The van der Waals surface area contributed by atoms with Gasteiger partial charge in [0.05, 0.1) is 17.3 Å². The maximum absolute atomic E-state index is 13.9. The molecule has 1 N–H and O–H groups in total. The van der Waals surface area contributed by atoms with E-state index < -0.39 is 40.9 Å². The predicted molar refractivity (Wildman–Crippen MR) is 120 cm³/mol. The molecule has 3 heterocycles. The second-order valence-corrected chi connectivity index (χ2v) is 8.76. The smallest absolute Gasteiger partial charge is 0.257 e. The van der Waals surface area contributed by atoms with Crippen LogP contribution < -0.4 is 10.2 Å². The Bertz CT molecular complexity index is 1480. The largest absolute Gasteiger partial charge is 0.348 e. The Kier molecular flexibility index (Phi) is 5.31. The number of nitrogens with one attached hydrogen (secondary N) is 1. The second kappa shape index (κ2) is 8.23. The molecule has 0 bridgehead atoms. The standard InChI is InChI=1S/C25H19F3N4O3/c1-25(2)17-6-5-13(22(33)30-11-16-18(27)9-14(26)10-19(16)28)8-21(17)32(24(25)34)12-20-15-4-3-7-29-23(15)35-31-20/h3-10H,11-12H2,1-2H3,(H,30,33). The molecule has 1 aliphatic heterocycles. The minimum absolute atomic E-state index is 0.102. The molecule has 0 aliphatic carbocycles. The van der Waals surface area contributed by atoms with Crippen LogP contribution in [-0.4, -0.2) is 22.0 Å². The normalized spacial score (nSPS) is 14.4. The number of hydrogen-bond acceptors (Lipinski definition) is 5. The lowest BCUT2D eigenvalue weighted by atomic mass is 9.86. The van der Waals surface area contributed by atoms with E-state index in [1.165, 1.54) is 4.90 Å². The van der Waals surface area contributed by atoms with Gasteiger partial charge in [0.1, 0.15) is 23.1 Å². The number of carbonyl (C=O) groups is 2. The van der Waals surface area contributed by atoms with E-state index in [4.69, 9.17) is 4.52 Å². The minimum atomic E-state index is -1.09. The number of aromatic nitrogens is 2. The summed E-state index contributed by atoms with van der Waals surface area (Å²) >= 11 is 0. The Hall–Kier alpha value is -4.21. The average molecular weight is 480 g/mol. The van der Waals surface area contributed by atoms with Gasteiger partial charge < -0.3 is 14.7 Å². The molecule has 1 aliphatic rings. The highest BCUT2D eigenvalue weighted by Crippen LogP contribution is 2.43. The maximum Gasteiger partial charge on any atom is 0.257 e. The van der Waals surface area contributed by atoms with Crippen LogP contribution >= 0.6 is 0 Å². The van der Waals surface area contributed by atoms with Crippen molar-refractivity contribution in [2.75, 3.05) is 4.90 Å². The van der Waals surface area contributed by atoms with Gasteiger partial charge in [-0.15, -0.1) is 0 Å². The van der Waals surface area contributed by atoms with Crippen molar-refractivity contribution in [3.8, 4) is 0 Å². The lowest BCUT2D eigenvalue weighted by molar-refractivity contribution is -0.122. The highest BCUT2D eigenvalue weighted by atomic mass is 19.1. The molecule has 7 nitrogen and oxygen atoms in total. The van der Waals surface area contributed by atoms with Crippen LogP contribution in [0.5, 0.6) is 0 Å². The van der Waals surface area contributed by atoms with E-state index in [9.17, 15) is 22.8 Å². The lowest BCUT2D eigenvalue weighted by Crippen LogP contribution is -2.35. The van der Waals surface area contributed by atoms with E-state index in [-0.39, 0.29) is 18.0 Å². The molecule has 0 saturated heterocycles. The topological polar surface area (TPSA) is 88.3 Å². The van der Waals surface area contributed by atoms with Crippen molar-refractivity contribution in [3.05, 3.63) is 88.5 Å². The van der Waals surface area contributed by atoms with Crippen LogP contribution in [-0.2, 0) is 23.3 Å². The third kappa shape index (κ3) is 3.80. The summed E-state index contributed by atoms with van der Waals surface area (Å²) in [5.41, 5.74) is 0.999. The zero-order valence-corrected chi connectivity index (χ0v) is 18.7. The molecule has 10 heteroatoms. The van der Waals surface area contributed by atoms with E-state index in [0.717, 1.165) is 5.56 Å². The molecule has 2 aromatic carbocycles. The number of carbonyl (C=O) groups excluding carboxylic acids is 2. The number of hydrogen-bond donors (Lipinski definition) is 1. The highest BCUT2D eigenvalue weighted by molar-refractivity contribution is 6.09. The first-order chi connectivity index (χ1) is 16.7. The fraction of sp³-hybridized carbons (Fsp3) is 0.200. The maximum atomic E-state index is 13.9. The predicted octanol–water partition coefficient (Wildman–Crippen LogP) is 4.39. The summed E-state index contributed by atoms with van der Waals surface area (Å²) in [6.45, 7) is 3.21. The zero-order valence-electron chi connectivity index (χ0n) is 18.7. The molecular weight excluding hydrogens is 461 g/mol. The molecule has 2 amide bonds. The van der Waals surface area contributed by atoms with Crippen LogP contribution in [0.3, 0.4) is 0 Å². The summed E-state index contributed by atoms with van der Waals surface area (Å²) < 4.78 is 46.2. The average Bonchev–Trinajstić information content (AvgIpc) is 3.31. The Balaban J connectivity index is 1.43. The second-order valence-electron chi connectivity index (χ2n) is 8.76. The summed E-state index contributed by atoms with van der Waals surface area (Å²) in [6.07, 6.45) is 1.57. The summed E-state index contributed by atoms with van der Waals surface area (Å²) in [5, 5.41) is 7.16. The zero-order chi connectivity index (χ0) is 24.9. The summed E-state index contributed by atoms with van der Waals surface area (Å²) in [4.78, 5) is 31.7. The van der Waals surface area contributed by atoms with Crippen LogP contribution in [0.25, 0.3) is 11.1 Å². The third-order valence-electron chi connectivity index (χ3n) is 6.17. The minimum Gasteiger partial charge on any atom is -0.348 e. The van der Waals surface area contributed by atoms with Gasteiger partial charge >= 0.3 is 0 Å². The van der Waals surface area contributed by atoms with Gasteiger partial charge in [-0.25, -0.2) is 18.2 Å². The fourth-order valence-corrected chi connectivity index (χ4v) is 4.25. The van der Waals surface area contributed by atoms with E-state index in [1.807, 2.05) is 0 Å². The lowest BCUT2D eigenvalue weighted by Gasteiger charge is -2.19. The van der Waals surface area contributed by atoms with Crippen molar-refractivity contribution in [3.63, 3.8) is 0 Å². The molecule has 5 rings (SSSR count). The molecule has 2 aromatic heterocycles. The number of anilines is 1. The number of rotatable bonds is 5. The first-order valence-electron chi connectivity index (χ1n) is 10.7. The van der Waals surface area contributed by atoms with Crippen molar-refractivity contribution >= 4 is 28.6 Å². The first-order valence-corrected chi connectivity index (χ1v) is 10.7. The molecule has 0 fully saturated rings. The molecule has 0 unspecified atom stereocenters. The van der Waals surface area contributed by atoms with E-state index >= 15 is 0 Å². The summed E-state index contributed by atoms with van der Waals surface area (Å²) in [5.74, 6) is -4.02. The molecule has 178 valence electrons. The van der Waals surface area contributed by atoms with Gasteiger partial charge in [-0.05, 0) is 43.7 Å². The Morgan fingerprint density at radius 1 is 1.11 bits per heavy atom. The van der Waals surface area contributed by atoms with Gasteiger partial charge in [0.25, 0.3) is 11.6 Å². The van der Waals surface area contributed by atoms with E-state index in [0.29, 0.717) is 34.6 Å². The van der Waals surface area contributed by atoms with Gasteiger partial charge in [-0.1, -0.05) is 11.2 Å². The monoisotopic (exact) mass is 480 g/mol. The molecule has 0 atom stereocenters. The van der Waals surface area contributed by atoms with E-state index in [1.54, 1.807) is 50.4 Å². The van der Waals surface area contributed by atoms with Crippen LogP contribution in [0, 0.1) is 17.5 Å². The number of fused-ring (bicyclic) bond motifs is 2. The fourth-order valence-electron chi connectivity index (χ4n) is 4.25. The molecule has 0 saturated carbocycles.